The number of ether oxygens (including phenoxy) is 1. The second-order valence-corrected chi connectivity index (χ2v) is 8.10. The average Bonchev–Trinajstić information content (AvgIpc) is 3.30. The molecule has 3 N–H and O–H groups in total. The third kappa shape index (κ3) is 3.15. The van der Waals surface area contributed by atoms with Crippen molar-refractivity contribution in [3.8, 4) is 22.8 Å². The predicted octanol–water partition coefficient (Wildman–Crippen LogP) is 3.09. The van der Waals surface area contributed by atoms with Crippen molar-refractivity contribution in [1.29, 1.82) is 0 Å². The molecular formula is C22H24FN5O3. The van der Waals surface area contributed by atoms with Crippen LogP contribution in [0.1, 0.15) is 44.3 Å². The molecule has 31 heavy (non-hydrogen) atoms. The van der Waals surface area contributed by atoms with Crippen LogP contribution in [0.25, 0.3) is 16.8 Å². The Labute approximate surface area is 178 Å². The van der Waals surface area contributed by atoms with Crippen LogP contribution in [-0.2, 0) is 4.79 Å². The molecule has 2 aliphatic rings. The Hall–Kier alpha value is -3.36. The van der Waals surface area contributed by atoms with Crippen molar-refractivity contribution in [2.24, 2.45) is 0 Å². The number of phenols is 1. The highest BCUT2D eigenvalue weighted by Crippen LogP contribution is 2.42. The smallest absolute Gasteiger partial charge is 0.222 e. The summed E-state index contributed by atoms with van der Waals surface area (Å²) < 4.78 is 22.5. The Morgan fingerprint density at radius 3 is 2.97 bits per heavy atom. The number of aromatic hydroxyl groups is 1. The number of piperidine rings is 1. The number of rotatable bonds is 4. The lowest BCUT2D eigenvalue weighted by Gasteiger charge is -2.34. The van der Waals surface area contributed by atoms with Gasteiger partial charge in [0.1, 0.15) is 40.2 Å². The Morgan fingerprint density at radius 2 is 2.16 bits per heavy atom. The number of benzene rings is 1. The summed E-state index contributed by atoms with van der Waals surface area (Å²) in [6, 6.07) is 2.71. The largest absolute Gasteiger partial charge is 0.508 e. The average molecular weight is 425 g/mol. The number of hydrogen-bond donors (Lipinski definition) is 2. The molecule has 1 aromatic carbocycles. The molecule has 0 saturated carbocycles. The van der Waals surface area contributed by atoms with E-state index in [1.165, 1.54) is 6.07 Å². The second kappa shape index (κ2) is 7.40. The molecule has 4 heterocycles. The number of amides is 1. The van der Waals surface area contributed by atoms with Gasteiger partial charge in [0, 0.05) is 49.5 Å². The zero-order valence-electron chi connectivity index (χ0n) is 17.2. The minimum Gasteiger partial charge on any atom is -0.508 e. The van der Waals surface area contributed by atoms with Gasteiger partial charge in [-0.3, -0.25) is 9.20 Å². The van der Waals surface area contributed by atoms with E-state index in [1.54, 1.807) is 19.3 Å². The summed E-state index contributed by atoms with van der Waals surface area (Å²) in [7, 11) is 0. The van der Waals surface area contributed by atoms with Crippen LogP contribution in [-0.4, -0.2) is 49.5 Å². The maximum absolute atomic E-state index is 15.1. The number of aromatic nitrogens is 3. The van der Waals surface area contributed by atoms with Crippen molar-refractivity contribution in [3.05, 3.63) is 36.2 Å². The molecule has 0 spiro atoms. The van der Waals surface area contributed by atoms with Gasteiger partial charge in [-0.2, -0.15) is 0 Å². The standard InChI is InChI=1S/C22H24FN5O3/c1-2-31-16-10-14(29)9-15(23)18(16)19-20-21(24)25-7-8-27(20)22(26-19)12-3-4-13-5-6-17(30)28(13)11-12/h7-10,12-13,29H,2-6,11H2,1H3,(H2,24,25)/t12-,13+/m1/s1. The number of hydrogen-bond acceptors (Lipinski definition) is 6. The van der Waals surface area contributed by atoms with Gasteiger partial charge in [-0.15, -0.1) is 0 Å². The van der Waals surface area contributed by atoms with Crippen LogP contribution in [0.15, 0.2) is 24.5 Å². The maximum Gasteiger partial charge on any atom is 0.222 e. The number of nitrogens with two attached hydrogens (primary N) is 1. The molecule has 2 fully saturated rings. The van der Waals surface area contributed by atoms with Crippen molar-refractivity contribution in [3.63, 3.8) is 0 Å². The molecule has 0 bridgehead atoms. The van der Waals surface area contributed by atoms with E-state index in [9.17, 15) is 9.90 Å². The zero-order chi connectivity index (χ0) is 21.7. The normalized spacial score (nSPS) is 21.0. The van der Waals surface area contributed by atoms with Crippen molar-refractivity contribution in [1.82, 2.24) is 19.3 Å². The van der Waals surface area contributed by atoms with Crippen LogP contribution in [0, 0.1) is 5.82 Å². The third-order valence-corrected chi connectivity index (χ3v) is 6.27. The number of carbonyl (C=O) groups is 1. The Kier molecular flexibility index (Phi) is 4.68. The van der Waals surface area contributed by atoms with Gasteiger partial charge in [-0.1, -0.05) is 0 Å². The molecular weight excluding hydrogens is 401 g/mol. The number of imidazole rings is 1. The number of phenolic OH excluding ortho intramolecular Hbond substituents is 1. The minimum atomic E-state index is -0.656. The van der Waals surface area contributed by atoms with Gasteiger partial charge in [0.15, 0.2) is 0 Å². The summed E-state index contributed by atoms with van der Waals surface area (Å²) in [5.41, 5.74) is 7.13. The number of fused-ring (bicyclic) bond motifs is 2. The lowest BCUT2D eigenvalue weighted by Crippen LogP contribution is -2.41. The summed E-state index contributed by atoms with van der Waals surface area (Å²) in [4.78, 5) is 23.3. The van der Waals surface area contributed by atoms with E-state index in [1.807, 2.05) is 9.30 Å². The van der Waals surface area contributed by atoms with Crippen molar-refractivity contribution >= 4 is 17.2 Å². The fourth-order valence-electron chi connectivity index (χ4n) is 4.89. The number of carbonyl (C=O) groups excluding carboxylic acids is 1. The molecule has 2 saturated heterocycles. The summed E-state index contributed by atoms with van der Waals surface area (Å²) >= 11 is 0. The molecule has 2 atom stereocenters. The molecule has 5 rings (SSSR count). The van der Waals surface area contributed by atoms with Gasteiger partial charge in [0.05, 0.1) is 12.2 Å². The van der Waals surface area contributed by atoms with E-state index in [4.69, 9.17) is 15.5 Å². The van der Waals surface area contributed by atoms with Crippen molar-refractivity contribution in [2.45, 2.75) is 44.6 Å². The number of nitrogen functional groups attached to an aromatic ring is 1. The number of halogens is 1. The highest BCUT2D eigenvalue weighted by molar-refractivity contribution is 5.88. The first kappa shape index (κ1) is 19.6. The SMILES string of the molecule is CCOc1cc(O)cc(F)c1-c1nc([C@@H]2CC[C@H]3CCC(=O)N3C2)n2ccnc(N)c12. The quantitative estimate of drug-likeness (QED) is 0.665. The lowest BCUT2D eigenvalue weighted by molar-refractivity contribution is -0.130. The van der Waals surface area contributed by atoms with Gasteiger partial charge in [-0.05, 0) is 26.2 Å². The second-order valence-electron chi connectivity index (χ2n) is 8.10. The fraction of sp³-hybridized carbons (Fsp3) is 0.409. The van der Waals surface area contributed by atoms with E-state index in [-0.39, 0.29) is 34.7 Å². The number of nitrogens with zero attached hydrogens (tertiary/aromatic N) is 4. The zero-order valence-corrected chi connectivity index (χ0v) is 17.2. The molecule has 162 valence electrons. The van der Waals surface area contributed by atoms with E-state index >= 15 is 4.39 Å². The van der Waals surface area contributed by atoms with E-state index < -0.39 is 5.82 Å². The van der Waals surface area contributed by atoms with E-state index in [2.05, 4.69) is 4.98 Å². The van der Waals surface area contributed by atoms with Crippen molar-refractivity contribution in [2.75, 3.05) is 18.9 Å². The summed E-state index contributed by atoms with van der Waals surface area (Å²) in [5, 5.41) is 9.86. The molecule has 0 radical (unpaired) electrons. The Morgan fingerprint density at radius 1 is 1.32 bits per heavy atom. The molecule has 2 aromatic heterocycles. The fourth-order valence-corrected chi connectivity index (χ4v) is 4.89. The van der Waals surface area contributed by atoms with Gasteiger partial charge in [-0.25, -0.2) is 14.4 Å². The summed E-state index contributed by atoms with van der Waals surface area (Å²) in [6.07, 6.45) is 6.64. The first-order chi connectivity index (χ1) is 15.0. The van der Waals surface area contributed by atoms with Crippen LogP contribution in [0.2, 0.25) is 0 Å². The summed E-state index contributed by atoms with van der Waals surface area (Å²) in [5.74, 6) is 0.414. The van der Waals surface area contributed by atoms with E-state index in [0.29, 0.717) is 42.6 Å². The Balaban J connectivity index is 1.68. The van der Waals surface area contributed by atoms with Gasteiger partial charge >= 0.3 is 0 Å². The lowest BCUT2D eigenvalue weighted by atomic mass is 9.92. The highest BCUT2D eigenvalue weighted by atomic mass is 19.1. The topological polar surface area (TPSA) is 106 Å². The van der Waals surface area contributed by atoms with Gasteiger partial charge in [0.25, 0.3) is 0 Å². The van der Waals surface area contributed by atoms with Crippen molar-refractivity contribution < 1.29 is 19.0 Å². The first-order valence-corrected chi connectivity index (χ1v) is 10.6. The first-order valence-electron chi connectivity index (χ1n) is 10.6. The third-order valence-electron chi connectivity index (χ3n) is 6.27. The molecule has 2 aliphatic heterocycles. The van der Waals surface area contributed by atoms with Crippen LogP contribution >= 0.6 is 0 Å². The van der Waals surface area contributed by atoms with Gasteiger partial charge in [0.2, 0.25) is 5.91 Å². The Bertz CT molecular complexity index is 1180. The molecule has 9 heteroatoms. The van der Waals surface area contributed by atoms with Crippen LogP contribution in [0.5, 0.6) is 11.5 Å². The molecule has 8 nitrogen and oxygen atoms in total. The molecule has 0 unspecified atom stereocenters. The van der Waals surface area contributed by atoms with Crippen LogP contribution < -0.4 is 10.5 Å². The predicted molar refractivity (Wildman–Crippen MR) is 112 cm³/mol. The molecule has 1 amide bonds. The van der Waals surface area contributed by atoms with Crippen LogP contribution in [0.3, 0.4) is 0 Å². The minimum absolute atomic E-state index is 0.00271. The van der Waals surface area contributed by atoms with E-state index in [0.717, 1.165) is 25.3 Å². The number of anilines is 1. The monoisotopic (exact) mass is 425 g/mol. The molecule has 0 aliphatic carbocycles. The highest BCUT2D eigenvalue weighted by Gasteiger charge is 2.38. The van der Waals surface area contributed by atoms with Crippen LogP contribution in [0.4, 0.5) is 10.2 Å². The van der Waals surface area contributed by atoms with Gasteiger partial charge < -0.3 is 20.5 Å². The molecule has 3 aromatic rings. The summed E-state index contributed by atoms with van der Waals surface area (Å²) in [6.45, 7) is 2.66. The maximum atomic E-state index is 15.1.